The van der Waals surface area contributed by atoms with Crippen LogP contribution < -0.4 is 4.90 Å². The Balaban J connectivity index is 1.45. The van der Waals surface area contributed by atoms with E-state index >= 15 is 0 Å². The molecule has 0 atom stereocenters. The molecule has 0 unspecified atom stereocenters. The largest absolute Gasteiger partial charge is 0.368 e. The maximum Gasteiger partial charge on any atom is 0.222 e. The molecule has 0 aromatic carbocycles. The van der Waals surface area contributed by atoms with Gasteiger partial charge in [0.2, 0.25) is 5.91 Å². The average molecular weight is 315 g/mol. The van der Waals surface area contributed by atoms with Gasteiger partial charge in [-0.05, 0) is 35.4 Å². The summed E-state index contributed by atoms with van der Waals surface area (Å²) in [4.78, 5) is 20.7. The molecule has 8 nitrogen and oxygen atoms in total. The second kappa shape index (κ2) is 7.17. The van der Waals surface area contributed by atoms with Gasteiger partial charge in [0.05, 0.1) is 0 Å². The third-order valence-electron chi connectivity index (χ3n) is 4.13. The molecule has 0 N–H and O–H groups in total. The molecule has 1 aliphatic heterocycles. The van der Waals surface area contributed by atoms with Crippen molar-refractivity contribution in [3.8, 4) is 0 Å². The molecule has 2 aromatic heterocycles. The van der Waals surface area contributed by atoms with Crippen LogP contribution in [0.1, 0.15) is 18.4 Å². The fourth-order valence-electron chi connectivity index (χ4n) is 2.85. The van der Waals surface area contributed by atoms with E-state index in [1.165, 1.54) is 11.3 Å². The molecule has 0 saturated carbocycles. The molecule has 122 valence electrons. The molecule has 1 fully saturated rings. The van der Waals surface area contributed by atoms with E-state index in [0.717, 1.165) is 32.6 Å². The van der Waals surface area contributed by atoms with Crippen LogP contribution >= 0.6 is 0 Å². The number of rotatable bonds is 5. The number of piperazine rings is 1. The number of amides is 1. The van der Waals surface area contributed by atoms with Crippen LogP contribution in [0.3, 0.4) is 0 Å². The molecule has 8 heteroatoms. The molecule has 2 aromatic rings. The van der Waals surface area contributed by atoms with Crippen molar-refractivity contribution in [1.82, 2.24) is 30.1 Å². The normalized spacial score (nSPS) is 15.0. The summed E-state index contributed by atoms with van der Waals surface area (Å²) in [6.07, 6.45) is 6.56. The zero-order chi connectivity index (χ0) is 16.1. The Bertz CT molecular complexity index is 635. The first-order valence-corrected chi connectivity index (χ1v) is 7.88. The Hall–Kier alpha value is -2.51. The van der Waals surface area contributed by atoms with Gasteiger partial charge in [-0.15, -0.1) is 5.10 Å². The smallest absolute Gasteiger partial charge is 0.222 e. The van der Waals surface area contributed by atoms with Crippen molar-refractivity contribution in [3.63, 3.8) is 0 Å². The Labute approximate surface area is 135 Å². The molecule has 3 rings (SSSR count). The molecule has 0 aliphatic carbocycles. The van der Waals surface area contributed by atoms with E-state index in [4.69, 9.17) is 0 Å². The third kappa shape index (κ3) is 3.82. The van der Waals surface area contributed by atoms with Gasteiger partial charge in [-0.2, -0.15) is 0 Å². The van der Waals surface area contributed by atoms with Gasteiger partial charge >= 0.3 is 0 Å². The maximum atomic E-state index is 12.3. The number of aryl methyl sites for hydroxylation is 2. The van der Waals surface area contributed by atoms with Crippen molar-refractivity contribution in [2.75, 3.05) is 31.1 Å². The SMILES string of the molecule is Cc1cnccc1N1CCN(C(=O)CCCn2cnnn2)CC1. The van der Waals surface area contributed by atoms with Crippen LogP contribution in [0.15, 0.2) is 24.8 Å². The molecular weight excluding hydrogens is 294 g/mol. The van der Waals surface area contributed by atoms with Crippen LogP contribution in [0.4, 0.5) is 5.69 Å². The number of anilines is 1. The first-order chi connectivity index (χ1) is 11.2. The first kappa shape index (κ1) is 15.4. The highest BCUT2D eigenvalue weighted by molar-refractivity contribution is 5.76. The molecule has 3 heterocycles. The van der Waals surface area contributed by atoms with Gasteiger partial charge in [-0.1, -0.05) is 0 Å². The highest BCUT2D eigenvalue weighted by atomic mass is 16.2. The summed E-state index contributed by atoms with van der Waals surface area (Å²) in [5.74, 6) is 0.212. The van der Waals surface area contributed by atoms with Crippen LogP contribution in [-0.4, -0.2) is 62.2 Å². The van der Waals surface area contributed by atoms with Gasteiger partial charge in [0.1, 0.15) is 6.33 Å². The lowest BCUT2D eigenvalue weighted by Gasteiger charge is -2.36. The van der Waals surface area contributed by atoms with E-state index in [1.807, 2.05) is 23.4 Å². The minimum Gasteiger partial charge on any atom is -0.368 e. The summed E-state index contributed by atoms with van der Waals surface area (Å²) in [7, 11) is 0. The summed E-state index contributed by atoms with van der Waals surface area (Å²) < 4.78 is 1.65. The molecule has 0 bridgehead atoms. The molecule has 0 radical (unpaired) electrons. The molecule has 0 spiro atoms. The average Bonchev–Trinajstić information content (AvgIpc) is 3.09. The number of hydrogen-bond acceptors (Lipinski definition) is 6. The quantitative estimate of drug-likeness (QED) is 0.799. The van der Waals surface area contributed by atoms with Gasteiger partial charge in [0.15, 0.2) is 0 Å². The molecule has 1 aliphatic rings. The highest BCUT2D eigenvalue weighted by Crippen LogP contribution is 2.20. The second-order valence-electron chi connectivity index (χ2n) is 5.71. The van der Waals surface area contributed by atoms with Crippen LogP contribution in [0, 0.1) is 6.92 Å². The first-order valence-electron chi connectivity index (χ1n) is 7.88. The predicted molar refractivity (Wildman–Crippen MR) is 84.8 cm³/mol. The molecule has 1 amide bonds. The predicted octanol–water partition coefficient (Wildman–Crippen LogP) is 0.506. The van der Waals surface area contributed by atoms with Gasteiger partial charge in [-0.25, -0.2) is 4.68 Å². The third-order valence-corrected chi connectivity index (χ3v) is 4.13. The van der Waals surface area contributed by atoms with Crippen molar-refractivity contribution < 1.29 is 4.79 Å². The van der Waals surface area contributed by atoms with Crippen LogP contribution in [-0.2, 0) is 11.3 Å². The van der Waals surface area contributed by atoms with Crippen LogP contribution in [0.25, 0.3) is 0 Å². The maximum absolute atomic E-state index is 12.3. The van der Waals surface area contributed by atoms with E-state index in [1.54, 1.807) is 11.0 Å². The van der Waals surface area contributed by atoms with Gasteiger partial charge in [0, 0.05) is 57.2 Å². The van der Waals surface area contributed by atoms with Crippen molar-refractivity contribution in [2.24, 2.45) is 0 Å². The standard InChI is InChI=1S/C15H21N7O/c1-13-11-16-5-4-14(13)20-7-9-21(10-8-20)15(23)3-2-6-22-12-17-18-19-22/h4-5,11-12H,2-3,6-10H2,1H3. The molecule has 23 heavy (non-hydrogen) atoms. The zero-order valence-electron chi connectivity index (χ0n) is 13.3. The number of pyridine rings is 1. The zero-order valence-corrected chi connectivity index (χ0v) is 13.3. The van der Waals surface area contributed by atoms with E-state index in [-0.39, 0.29) is 5.91 Å². The lowest BCUT2D eigenvalue weighted by atomic mass is 10.2. The summed E-state index contributed by atoms with van der Waals surface area (Å²) >= 11 is 0. The lowest BCUT2D eigenvalue weighted by molar-refractivity contribution is -0.131. The number of nitrogens with zero attached hydrogens (tertiary/aromatic N) is 7. The Kier molecular flexibility index (Phi) is 4.80. The summed E-state index contributed by atoms with van der Waals surface area (Å²) in [5.41, 5.74) is 2.39. The summed E-state index contributed by atoms with van der Waals surface area (Å²) in [6.45, 7) is 6.01. The fourth-order valence-corrected chi connectivity index (χ4v) is 2.85. The topological polar surface area (TPSA) is 80.0 Å². The van der Waals surface area contributed by atoms with E-state index in [2.05, 4.69) is 32.3 Å². The number of carbonyl (C=O) groups is 1. The monoisotopic (exact) mass is 315 g/mol. The van der Waals surface area contributed by atoms with Crippen LogP contribution in [0.5, 0.6) is 0 Å². The fraction of sp³-hybridized carbons (Fsp3) is 0.533. The van der Waals surface area contributed by atoms with Crippen molar-refractivity contribution >= 4 is 11.6 Å². The van der Waals surface area contributed by atoms with E-state index in [9.17, 15) is 4.79 Å². The Morgan fingerprint density at radius 2 is 2.09 bits per heavy atom. The minimum atomic E-state index is 0.212. The number of tetrazole rings is 1. The summed E-state index contributed by atoms with van der Waals surface area (Å²) in [5, 5.41) is 11.0. The van der Waals surface area contributed by atoms with Gasteiger partial charge in [0.25, 0.3) is 0 Å². The van der Waals surface area contributed by atoms with Crippen molar-refractivity contribution in [1.29, 1.82) is 0 Å². The lowest BCUT2D eigenvalue weighted by Crippen LogP contribution is -2.49. The van der Waals surface area contributed by atoms with E-state index < -0.39 is 0 Å². The van der Waals surface area contributed by atoms with Gasteiger partial charge in [-0.3, -0.25) is 9.78 Å². The number of hydrogen-bond donors (Lipinski definition) is 0. The number of aromatic nitrogens is 5. The highest BCUT2D eigenvalue weighted by Gasteiger charge is 2.21. The summed E-state index contributed by atoms with van der Waals surface area (Å²) in [6, 6.07) is 2.04. The molecule has 1 saturated heterocycles. The van der Waals surface area contributed by atoms with Crippen LogP contribution in [0.2, 0.25) is 0 Å². The van der Waals surface area contributed by atoms with Crippen molar-refractivity contribution in [3.05, 3.63) is 30.4 Å². The Morgan fingerprint density at radius 1 is 1.26 bits per heavy atom. The Morgan fingerprint density at radius 3 is 2.78 bits per heavy atom. The molecular formula is C15H21N7O. The van der Waals surface area contributed by atoms with Crippen molar-refractivity contribution in [2.45, 2.75) is 26.3 Å². The van der Waals surface area contributed by atoms with Gasteiger partial charge < -0.3 is 9.80 Å². The van der Waals surface area contributed by atoms with E-state index in [0.29, 0.717) is 13.0 Å². The minimum absolute atomic E-state index is 0.212. The number of carbonyl (C=O) groups excluding carboxylic acids is 1. The second-order valence-corrected chi connectivity index (χ2v) is 5.71.